The van der Waals surface area contributed by atoms with Gasteiger partial charge in [-0.3, -0.25) is 4.79 Å². The van der Waals surface area contributed by atoms with Gasteiger partial charge in [-0.15, -0.1) is 10.2 Å². The Bertz CT molecular complexity index is 435. The second kappa shape index (κ2) is 5.68. The monoisotopic (exact) mass is 317 g/mol. The van der Waals surface area contributed by atoms with Gasteiger partial charge in [0.2, 0.25) is 11.8 Å². The number of rotatable bonds is 5. The molecule has 0 N–H and O–H groups in total. The highest BCUT2D eigenvalue weighted by Gasteiger charge is 2.22. The summed E-state index contributed by atoms with van der Waals surface area (Å²) in [6.45, 7) is 4.92. The number of thioether (sulfide) groups is 1. The van der Waals surface area contributed by atoms with Crippen LogP contribution in [0.15, 0.2) is 20.7 Å². The Labute approximate surface area is 112 Å². The third-order valence-corrected chi connectivity index (χ3v) is 3.85. The van der Waals surface area contributed by atoms with Crippen molar-refractivity contribution < 1.29 is 9.21 Å². The van der Waals surface area contributed by atoms with E-state index in [1.54, 1.807) is 4.90 Å². The summed E-state index contributed by atoms with van der Waals surface area (Å²) in [6, 6.07) is 0. The van der Waals surface area contributed by atoms with Crippen molar-refractivity contribution in [1.29, 1.82) is 0 Å². The first-order chi connectivity index (χ1) is 8.15. The number of hydrogen-bond acceptors (Lipinski definition) is 5. The molecule has 0 aromatic carbocycles. The summed E-state index contributed by atoms with van der Waals surface area (Å²) in [7, 11) is 0. The molecule has 0 bridgehead atoms. The zero-order valence-electron chi connectivity index (χ0n) is 9.19. The van der Waals surface area contributed by atoms with E-state index in [9.17, 15) is 4.79 Å². The van der Waals surface area contributed by atoms with E-state index >= 15 is 0 Å². The van der Waals surface area contributed by atoms with Crippen LogP contribution in [0.3, 0.4) is 0 Å². The van der Waals surface area contributed by atoms with Crippen molar-refractivity contribution >= 4 is 33.6 Å². The fourth-order valence-electron chi connectivity index (χ4n) is 1.53. The van der Waals surface area contributed by atoms with Crippen molar-refractivity contribution in [2.75, 3.05) is 12.3 Å². The number of carbonyl (C=O) groups is 1. The SMILES string of the molecule is C=C(Br)CSc1nnc(CN2CCCC2=O)o1. The molecule has 1 aliphatic rings. The molecule has 0 aliphatic carbocycles. The van der Waals surface area contributed by atoms with Crippen molar-refractivity contribution in [2.45, 2.75) is 24.6 Å². The van der Waals surface area contributed by atoms with E-state index in [1.165, 1.54) is 11.8 Å². The minimum Gasteiger partial charge on any atom is -0.414 e. The number of aromatic nitrogens is 2. The van der Waals surface area contributed by atoms with Crippen LogP contribution in [0.4, 0.5) is 0 Å². The molecule has 1 aromatic heterocycles. The largest absolute Gasteiger partial charge is 0.414 e. The topological polar surface area (TPSA) is 59.2 Å². The predicted molar refractivity (Wildman–Crippen MR) is 67.7 cm³/mol. The van der Waals surface area contributed by atoms with E-state index in [2.05, 4.69) is 32.7 Å². The molecule has 1 aliphatic heterocycles. The maximum Gasteiger partial charge on any atom is 0.276 e. The zero-order chi connectivity index (χ0) is 12.3. The van der Waals surface area contributed by atoms with E-state index in [0.717, 1.165) is 17.4 Å². The zero-order valence-corrected chi connectivity index (χ0v) is 11.6. The molecule has 0 radical (unpaired) electrons. The number of hydrogen-bond donors (Lipinski definition) is 0. The predicted octanol–water partition coefficient (Wildman–Crippen LogP) is 2.19. The van der Waals surface area contributed by atoms with Gasteiger partial charge in [0.05, 0.1) is 6.54 Å². The van der Waals surface area contributed by atoms with Crippen molar-refractivity contribution in [1.82, 2.24) is 15.1 Å². The van der Waals surface area contributed by atoms with Gasteiger partial charge < -0.3 is 9.32 Å². The van der Waals surface area contributed by atoms with Gasteiger partial charge in [0.25, 0.3) is 5.22 Å². The van der Waals surface area contributed by atoms with Crippen LogP contribution in [0.5, 0.6) is 0 Å². The average molecular weight is 318 g/mol. The molecule has 1 aromatic rings. The first kappa shape index (κ1) is 12.6. The van der Waals surface area contributed by atoms with Crippen molar-refractivity contribution in [3.05, 3.63) is 17.0 Å². The van der Waals surface area contributed by atoms with Gasteiger partial charge in [-0.2, -0.15) is 0 Å². The van der Waals surface area contributed by atoms with Gasteiger partial charge in [-0.25, -0.2) is 0 Å². The van der Waals surface area contributed by atoms with E-state index in [4.69, 9.17) is 4.42 Å². The highest BCUT2D eigenvalue weighted by molar-refractivity contribution is 9.11. The molecule has 1 amide bonds. The second-order valence-corrected chi connectivity index (χ2v) is 5.73. The molecule has 5 nitrogen and oxygen atoms in total. The quantitative estimate of drug-likeness (QED) is 0.779. The first-order valence-electron chi connectivity index (χ1n) is 5.21. The summed E-state index contributed by atoms with van der Waals surface area (Å²) < 4.78 is 6.30. The number of halogens is 1. The van der Waals surface area contributed by atoms with Gasteiger partial charge in [-0.1, -0.05) is 34.3 Å². The summed E-state index contributed by atoms with van der Waals surface area (Å²) in [6.07, 6.45) is 1.54. The van der Waals surface area contributed by atoms with Gasteiger partial charge in [-0.05, 0) is 10.9 Å². The second-order valence-electron chi connectivity index (χ2n) is 3.69. The molecule has 0 spiro atoms. The number of nitrogens with zero attached hydrogens (tertiary/aromatic N) is 3. The molecule has 1 fully saturated rings. The minimum absolute atomic E-state index is 0.159. The van der Waals surface area contributed by atoms with Gasteiger partial charge in [0.1, 0.15) is 0 Å². The average Bonchev–Trinajstić information content (AvgIpc) is 2.87. The smallest absolute Gasteiger partial charge is 0.276 e. The summed E-state index contributed by atoms with van der Waals surface area (Å²) >= 11 is 4.68. The Balaban J connectivity index is 1.89. The Morgan fingerprint density at radius 1 is 1.59 bits per heavy atom. The van der Waals surface area contributed by atoms with E-state index in [0.29, 0.717) is 29.8 Å². The first-order valence-corrected chi connectivity index (χ1v) is 6.99. The molecule has 0 atom stereocenters. The normalized spacial score (nSPS) is 15.6. The van der Waals surface area contributed by atoms with Gasteiger partial charge >= 0.3 is 0 Å². The van der Waals surface area contributed by atoms with E-state index < -0.39 is 0 Å². The molecule has 2 heterocycles. The molecule has 92 valence electrons. The molecule has 17 heavy (non-hydrogen) atoms. The lowest BCUT2D eigenvalue weighted by Crippen LogP contribution is -2.23. The number of amides is 1. The Morgan fingerprint density at radius 2 is 2.41 bits per heavy atom. The Hall–Kier alpha value is -0.820. The van der Waals surface area contributed by atoms with Crippen LogP contribution in [0.1, 0.15) is 18.7 Å². The van der Waals surface area contributed by atoms with Crippen molar-refractivity contribution in [3.63, 3.8) is 0 Å². The summed E-state index contributed by atoms with van der Waals surface area (Å²) in [5.74, 6) is 1.33. The summed E-state index contributed by atoms with van der Waals surface area (Å²) in [5, 5.41) is 8.32. The number of likely N-dealkylation sites (tertiary alicyclic amines) is 1. The standard InChI is InChI=1S/C10H12BrN3O2S/c1-7(11)6-17-10-13-12-8(16-10)5-14-4-2-3-9(14)15/h1-6H2. The van der Waals surface area contributed by atoms with E-state index in [-0.39, 0.29) is 5.91 Å². The highest BCUT2D eigenvalue weighted by Crippen LogP contribution is 2.21. The maximum atomic E-state index is 11.4. The lowest BCUT2D eigenvalue weighted by molar-refractivity contribution is -0.128. The van der Waals surface area contributed by atoms with Crippen LogP contribution in [0.2, 0.25) is 0 Å². The lowest BCUT2D eigenvalue weighted by Gasteiger charge is -2.11. The van der Waals surface area contributed by atoms with Crippen molar-refractivity contribution in [3.8, 4) is 0 Å². The molecular weight excluding hydrogens is 306 g/mol. The van der Waals surface area contributed by atoms with Crippen LogP contribution >= 0.6 is 27.7 Å². The highest BCUT2D eigenvalue weighted by atomic mass is 79.9. The summed E-state index contributed by atoms with van der Waals surface area (Å²) in [4.78, 5) is 13.2. The molecule has 0 saturated carbocycles. The van der Waals surface area contributed by atoms with Crippen LogP contribution < -0.4 is 0 Å². The minimum atomic E-state index is 0.159. The summed E-state index contributed by atoms with van der Waals surface area (Å²) in [5.41, 5.74) is 0. The van der Waals surface area contributed by atoms with E-state index in [1.807, 2.05) is 0 Å². The van der Waals surface area contributed by atoms with Gasteiger partial charge in [0.15, 0.2) is 0 Å². The molecule has 7 heteroatoms. The molecule has 2 rings (SSSR count). The number of carbonyl (C=O) groups excluding carboxylic acids is 1. The fraction of sp³-hybridized carbons (Fsp3) is 0.500. The molecular formula is C10H12BrN3O2S. The fourth-order valence-corrected chi connectivity index (χ4v) is 2.41. The maximum absolute atomic E-state index is 11.4. The molecule has 1 saturated heterocycles. The van der Waals surface area contributed by atoms with Crippen LogP contribution in [0, 0.1) is 0 Å². The van der Waals surface area contributed by atoms with Crippen LogP contribution in [-0.4, -0.2) is 33.3 Å². The Morgan fingerprint density at radius 3 is 3.06 bits per heavy atom. The van der Waals surface area contributed by atoms with Gasteiger partial charge in [0, 0.05) is 18.7 Å². The third-order valence-electron chi connectivity index (χ3n) is 2.30. The molecule has 0 unspecified atom stereocenters. The van der Waals surface area contributed by atoms with Crippen molar-refractivity contribution in [2.24, 2.45) is 0 Å². The third kappa shape index (κ3) is 3.57. The lowest BCUT2D eigenvalue weighted by atomic mass is 10.4. The van der Waals surface area contributed by atoms with Crippen LogP contribution in [0.25, 0.3) is 0 Å². The Kier molecular flexibility index (Phi) is 4.22. The van der Waals surface area contributed by atoms with Crippen LogP contribution in [-0.2, 0) is 11.3 Å².